The second-order valence-electron chi connectivity index (χ2n) is 7.09. The minimum Gasteiger partial charge on any atom is -0.367 e. The van der Waals surface area contributed by atoms with Gasteiger partial charge in [-0.2, -0.15) is 0 Å². The van der Waals surface area contributed by atoms with Gasteiger partial charge < -0.3 is 9.82 Å². The van der Waals surface area contributed by atoms with E-state index in [0.29, 0.717) is 42.2 Å². The van der Waals surface area contributed by atoms with Gasteiger partial charge in [0.05, 0.1) is 10.9 Å². The first-order chi connectivity index (χ1) is 11.3. The van der Waals surface area contributed by atoms with E-state index < -0.39 is 5.41 Å². The Morgan fingerprint density at radius 3 is 2.62 bits per heavy atom. The number of H-pyrrole nitrogens is 1. The van der Waals surface area contributed by atoms with Crippen molar-refractivity contribution in [1.29, 1.82) is 0 Å². The molecule has 2 aromatic rings. The molecule has 0 bridgehead atoms. The molecule has 24 heavy (non-hydrogen) atoms. The van der Waals surface area contributed by atoms with Gasteiger partial charge in [-0.1, -0.05) is 11.6 Å². The Hall–Kier alpha value is -1.86. The molecule has 0 amide bonds. The molecule has 1 aliphatic heterocycles. The number of carbonyl (C=O) groups excluding carboxylic acids is 1. The summed E-state index contributed by atoms with van der Waals surface area (Å²) < 4.78 is 1.66. The molecule has 1 fully saturated rings. The molecule has 3 heterocycles. The smallest absolute Gasteiger partial charge is 0.330 e. The lowest BCUT2D eigenvalue weighted by molar-refractivity contribution is -0.205. The Labute approximate surface area is 144 Å². The molecule has 3 rings (SSSR count). The van der Waals surface area contributed by atoms with Gasteiger partial charge in [-0.15, -0.1) is 5.06 Å². The largest absolute Gasteiger partial charge is 0.367 e. The molecular weight excluding hydrogens is 332 g/mol. The lowest BCUT2D eigenvalue weighted by Gasteiger charge is -2.32. The number of hydroxylamine groups is 2. The molecular formula is C16H21ClN4O3. The maximum absolute atomic E-state index is 12.3. The fourth-order valence-corrected chi connectivity index (χ4v) is 2.91. The number of hydrogen-bond acceptors (Lipinski definition) is 5. The molecule has 8 heteroatoms. The van der Waals surface area contributed by atoms with Gasteiger partial charge in [-0.3, -0.25) is 4.57 Å². The van der Waals surface area contributed by atoms with E-state index in [0.717, 1.165) is 0 Å². The standard InChI is InChI=1S/C16H21ClN4O3/c1-16(2,3)14(22)24-20-8-6-10(7-9-20)21-13-11(18-15(21)23)4-5-12(17)19-13/h4-5,10H,6-9H2,1-3H3,(H,18,23). The van der Waals surface area contributed by atoms with Crippen molar-refractivity contribution in [2.45, 2.75) is 39.7 Å². The number of aromatic amines is 1. The first kappa shape index (κ1) is 17.0. The van der Waals surface area contributed by atoms with Crippen LogP contribution in [0.1, 0.15) is 39.7 Å². The van der Waals surface area contributed by atoms with E-state index in [-0.39, 0.29) is 17.7 Å². The normalized spacial score (nSPS) is 17.3. The number of fused-ring (bicyclic) bond motifs is 1. The van der Waals surface area contributed by atoms with E-state index in [1.807, 2.05) is 20.8 Å². The van der Waals surface area contributed by atoms with Crippen LogP contribution in [0.15, 0.2) is 16.9 Å². The van der Waals surface area contributed by atoms with Crippen molar-refractivity contribution >= 4 is 28.7 Å². The number of rotatable bonds is 2. The van der Waals surface area contributed by atoms with E-state index in [4.69, 9.17) is 16.4 Å². The van der Waals surface area contributed by atoms with Crippen molar-refractivity contribution in [3.05, 3.63) is 27.8 Å². The SMILES string of the molecule is CC(C)(C)C(=O)ON1CCC(n2c(=O)[nH]c3ccc(Cl)nc32)CC1. The zero-order valence-electron chi connectivity index (χ0n) is 14.0. The van der Waals surface area contributed by atoms with Crippen LogP contribution < -0.4 is 5.69 Å². The summed E-state index contributed by atoms with van der Waals surface area (Å²) >= 11 is 5.96. The Morgan fingerprint density at radius 1 is 1.33 bits per heavy atom. The van der Waals surface area contributed by atoms with Gasteiger partial charge in [-0.25, -0.2) is 14.6 Å². The highest BCUT2D eigenvalue weighted by Crippen LogP contribution is 2.26. The van der Waals surface area contributed by atoms with Crippen LogP contribution in [0.2, 0.25) is 5.15 Å². The Kier molecular flexibility index (Phi) is 4.40. The number of piperidine rings is 1. The lowest BCUT2D eigenvalue weighted by atomic mass is 9.98. The zero-order valence-corrected chi connectivity index (χ0v) is 14.8. The summed E-state index contributed by atoms with van der Waals surface area (Å²) in [6, 6.07) is 3.41. The van der Waals surface area contributed by atoms with Crippen LogP contribution in [0.5, 0.6) is 0 Å². The quantitative estimate of drug-likeness (QED) is 0.840. The average Bonchev–Trinajstić information content (AvgIpc) is 2.82. The molecule has 1 aliphatic rings. The summed E-state index contributed by atoms with van der Waals surface area (Å²) in [4.78, 5) is 36.7. The number of hydrogen-bond donors (Lipinski definition) is 1. The van der Waals surface area contributed by atoms with Crippen LogP contribution in [-0.2, 0) is 9.63 Å². The van der Waals surface area contributed by atoms with E-state index in [2.05, 4.69) is 9.97 Å². The predicted octanol–water partition coefficient (Wildman–Crippen LogP) is 2.52. The first-order valence-corrected chi connectivity index (χ1v) is 8.37. The summed E-state index contributed by atoms with van der Waals surface area (Å²) in [6.07, 6.45) is 1.39. The molecule has 2 aromatic heterocycles. The fraction of sp³-hybridized carbons (Fsp3) is 0.562. The van der Waals surface area contributed by atoms with Crippen molar-refractivity contribution < 1.29 is 9.63 Å². The Morgan fingerprint density at radius 2 is 2.00 bits per heavy atom. The van der Waals surface area contributed by atoms with Crippen LogP contribution in [-0.4, -0.2) is 38.7 Å². The number of carbonyl (C=O) groups is 1. The number of halogens is 1. The third-order valence-electron chi connectivity index (χ3n) is 4.14. The average molecular weight is 353 g/mol. The number of imidazole rings is 1. The van der Waals surface area contributed by atoms with Crippen LogP contribution >= 0.6 is 11.6 Å². The number of pyridine rings is 1. The molecule has 1 N–H and O–H groups in total. The molecule has 0 atom stereocenters. The van der Waals surface area contributed by atoms with Gasteiger partial charge in [0.1, 0.15) is 5.15 Å². The van der Waals surface area contributed by atoms with E-state index in [9.17, 15) is 9.59 Å². The molecule has 7 nitrogen and oxygen atoms in total. The van der Waals surface area contributed by atoms with Gasteiger partial charge in [0.15, 0.2) is 5.65 Å². The first-order valence-electron chi connectivity index (χ1n) is 8.00. The van der Waals surface area contributed by atoms with Gasteiger partial charge in [-0.05, 0) is 45.7 Å². The molecule has 0 aliphatic carbocycles. The Bertz CT molecular complexity index is 813. The highest BCUT2D eigenvalue weighted by molar-refractivity contribution is 6.29. The topological polar surface area (TPSA) is 80.2 Å². The van der Waals surface area contributed by atoms with E-state index >= 15 is 0 Å². The molecule has 0 aromatic carbocycles. The highest BCUT2D eigenvalue weighted by Gasteiger charge is 2.30. The summed E-state index contributed by atoms with van der Waals surface area (Å²) in [5.41, 5.74) is 0.513. The van der Waals surface area contributed by atoms with Crippen LogP contribution in [0.25, 0.3) is 11.2 Å². The van der Waals surface area contributed by atoms with Crippen molar-refractivity contribution in [3.63, 3.8) is 0 Å². The number of aromatic nitrogens is 3. The third kappa shape index (κ3) is 3.32. The summed E-state index contributed by atoms with van der Waals surface area (Å²) in [6.45, 7) is 6.62. The lowest BCUT2D eigenvalue weighted by Crippen LogP contribution is -2.40. The van der Waals surface area contributed by atoms with Gasteiger partial charge >= 0.3 is 11.7 Å². The van der Waals surface area contributed by atoms with Gasteiger partial charge in [0, 0.05) is 19.1 Å². The minimum absolute atomic E-state index is 0.00167. The number of nitrogens with one attached hydrogen (secondary N) is 1. The maximum atomic E-state index is 12.3. The van der Waals surface area contributed by atoms with Crippen molar-refractivity contribution in [1.82, 2.24) is 19.6 Å². The molecule has 1 saturated heterocycles. The zero-order chi connectivity index (χ0) is 17.5. The third-order valence-corrected chi connectivity index (χ3v) is 4.35. The van der Waals surface area contributed by atoms with Crippen molar-refractivity contribution in [3.8, 4) is 0 Å². The van der Waals surface area contributed by atoms with E-state index in [1.165, 1.54) is 0 Å². The molecule has 0 saturated carbocycles. The van der Waals surface area contributed by atoms with Crippen LogP contribution in [0, 0.1) is 5.41 Å². The number of nitrogens with zero attached hydrogens (tertiary/aromatic N) is 3. The maximum Gasteiger partial charge on any atom is 0.330 e. The monoisotopic (exact) mass is 352 g/mol. The molecule has 130 valence electrons. The highest BCUT2D eigenvalue weighted by atomic mass is 35.5. The molecule has 0 unspecified atom stereocenters. The Balaban J connectivity index is 1.74. The molecule has 0 spiro atoms. The van der Waals surface area contributed by atoms with E-state index in [1.54, 1.807) is 21.8 Å². The predicted molar refractivity (Wildman–Crippen MR) is 90.8 cm³/mol. The summed E-state index contributed by atoms with van der Waals surface area (Å²) in [5.74, 6) is -0.251. The van der Waals surface area contributed by atoms with Crippen LogP contribution in [0.4, 0.5) is 0 Å². The summed E-state index contributed by atoms with van der Waals surface area (Å²) in [5, 5.41) is 2.02. The van der Waals surface area contributed by atoms with Gasteiger partial charge in [0.25, 0.3) is 0 Å². The summed E-state index contributed by atoms with van der Waals surface area (Å²) in [7, 11) is 0. The van der Waals surface area contributed by atoms with Crippen molar-refractivity contribution in [2.24, 2.45) is 5.41 Å². The fourth-order valence-electron chi connectivity index (χ4n) is 2.76. The van der Waals surface area contributed by atoms with Gasteiger partial charge in [0.2, 0.25) is 0 Å². The van der Waals surface area contributed by atoms with Crippen molar-refractivity contribution in [2.75, 3.05) is 13.1 Å². The second-order valence-corrected chi connectivity index (χ2v) is 7.48. The molecule has 0 radical (unpaired) electrons. The minimum atomic E-state index is -0.536. The second kappa shape index (κ2) is 6.22. The van der Waals surface area contributed by atoms with Crippen LogP contribution in [0.3, 0.4) is 0 Å².